The first kappa shape index (κ1) is 17.6. The van der Waals surface area contributed by atoms with E-state index in [1.54, 1.807) is 25.6 Å². The number of nitrogens with one attached hydrogen (secondary N) is 1. The van der Waals surface area contributed by atoms with Crippen molar-refractivity contribution in [2.45, 2.75) is 45.1 Å². The molecule has 1 heterocycles. The van der Waals surface area contributed by atoms with Crippen molar-refractivity contribution in [3.8, 4) is 0 Å². The van der Waals surface area contributed by atoms with Gasteiger partial charge in [0.1, 0.15) is 5.01 Å². The molecule has 20 heavy (non-hydrogen) atoms. The summed E-state index contributed by atoms with van der Waals surface area (Å²) in [6.45, 7) is 10.8. The average molecular weight is 300 g/mol. The van der Waals surface area contributed by atoms with Gasteiger partial charge in [-0.25, -0.2) is 4.98 Å². The van der Waals surface area contributed by atoms with Gasteiger partial charge >= 0.3 is 0 Å². The van der Waals surface area contributed by atoms with Crippen LogP contribution in [-0.4, -0.2) is 39.0 Å². The summed E-state index contributed by atoms with van der Waals surface area (Å²) in [5.74, 6) is 0. The Morgan fingerprint density at radius 1 is 1.25 bits per heavy atom. The van der Waals surface area contributed by atoms with Gasteiger partial charge in [-0.1, -0.05) is 27.7 Å². The van der Waals surface area contributed by atoms with Gasteiger partial charge in [-0.15, -0.1) is 11.3 Å². The molecule has 116 valence electrons. The number of thiazole rings is 1. The van der Waals surface area contributed by atoms with Crippen molar-refractivity contribution < 1.29 is 9.47 Å². The Kier molecular flexibility index (Phi) is 6.58. The lowest BCUT2D eigenvalue weighted by atomic mass is 9.92. The Balaban J connectivity index is 3.00. The molecule has 0 amide bonds. The molecule has 0 saturated carbocycles. The van der Waals surface area contributed by atoms with E-state index in [2.05, 4.69) is 38.4 Å². The van der Waals surface area contributed by atoms with Crippen LogP contribution >= 0.6 is 11.3 Å². The van der Waals surface area contributed by atoms with Crippen molar-refractivity contribution in [2.75, 3.05) is 34.0 Å². The molecule has 1 unspecified atom stereocenters. The van der Waals surface area contributed by atoms with Crippen LogP contribution in [0, 0.1) is 0 Å². The van der Waals surface area contributed by atoms with Crippen molar-refractivity contribution in [1.82, 2.24) is 10.3 Å². The van der Waals surface area contributed by atoms with Crippen molar-refractivity contribution in [2.24, 2.45) is 0 Å². The van der Waals surface area contributed by atoms with E-state index in [-0.39, 0.29) is 11.0 Å². The fraction of sp³-hybridized carbons (Fsp3) is 0.800. The number of rotatable bonds is 8. The maximum absolute atomic E-state index is 5.44. The van der Waals surface area contributed by atoms with Gasteiger partial charge in [0.05, 0.1) is 24.4 Å². The number of aromatic nitrogens is 1. The molecular weight excluding hydrogens is 272 g/mol. The minimum Gasteiger partial charge on any atom is -0.383 e. The molecule has 0 aliphatic carbocycles. The van der Waals surface area contributed by atoms with Crippen LogP contribution < -0.4 is 5.32 Å². The van der Waals surface area contributed by atoms with E-state index in [0.29, 0.717) is 13.2 Å². The van der Waals surface area contributed by atoms with E-state index in [1.165, 1.54) is 0 Å². The zero-order valence-corrected chi connectivity index (χ0v) is 14.4. The van der Waals surface area contributed by atoms with E-state index >= 15 is 0 Å². The average Bonchev–Trinajstić information content (AvgIpc) is 2.88. The summed E-state index contributed by atoms with van der Waals surface area (Å²) in [5.41, 5.74) is 0.995. The largest absolute Gasteiger partial charge is 0.383 e. The predicted molar refractivity (Wildman–Crippen MR) is 84.5 cm³/mol. The molecule has 0 bridgehead atoms. The standard InChI is InChI=1S/C15H28N2O2S/c1-7-15(11-19-6,16-8-9-18-5)13-17-12(10-20-13)14(2,3)4/h10,16H,7-9,11H2,1-6H3. The predicted octanol–water partition coefficient (Wildman–Crippen LogP) is 2.93. The Bertz CT molecular complexity index is 401. The lowest BCUT2D eigenvalue weighted by Gasteiger charge is -2.31. The first-order valence-corrected chi connectivity index (χ1v) is 7.97. The Morgan fingerprint density at radius 3 is 2.40 bits per heavy atom. The monoisotopic (exact) mass is 300 g/mol. The number of methoxy groups -OCH3 is 2. The normalized spacial score (nSPS) is 15.3. The van der Waals surface area contributed by atoms with Crippen LogP contribution in [-0.2, 0) is 20.4 Å². The first-order valence-electron chi connectivity index (χ1n) is 7.09. The summed E-state index contributed by atoms with van der Waals surface area (Å²) in [5, 5.41) is 6.82. The summed E-state index contributed by atoms with van der Waals surface area (Å²) in [6, 6.07) is 0. The SMILES string of the molecule is CCC(COC)(NCCOC)c1nc(C(C)(C)C)cs1. The van der Waals surface area contributed by atoms with Gasteiger partial charge in [0.15, 0.2) is 0 Å². The Morgan fingerprint density at radius 2 is 1.95 bits per heavy atom. The second-order valence-electron chi connectivity index (χ2n) is 6.08. The molecule has 0 saturated heterocycles. The molecule has 0 radical (unpaired) electrons. The molecule has 1 aromatic heterocycles. The maximum atomic E-state index is 5.44. The third-order valence-corrected chi connectivity index (χ3v) is 4.49. The minimum atomic E-state index is -0.221. The molecule has 5 heteroatoms. The van der Waals surface area contributed by atoms with E-state index in [1.807, 2.05) is 0 Å². The zero-order chi connectivity index (χ0) is 15.2. The van der Waals surface area contributed by atoms with Crippen molar-refractivity contribution in [1.29, 1.82) is 0 Å². The Hall–Kier alpha value is -0.490. The minimum absolute atomic E-state index is 0.0772. The Labute approximate surface area is 126 Å². The van der Waals surface area contributed by atoms with Crippen LogP contribution in [0.5, 0.6) is 0 Å². The molecule has 1 aromatic rings. The molecular formula is C15H28N2O2S. The second-order valence-corrected chi connectivity index (χ2v) is 6.93. The highest BCUT2D eigenvalue weighted by Gasteiger charge is 2.34. The smallest absolute Gasteiger partial charge is 0.115 e. The molecule has 1 rings (SSSR count). The van der Waals surface area contributed by atoms with Crippen molar-refractivity contribution in [3.05, 3.63) is 16.1 Å². The summed E-state index contributed by atoms with van der Waals surface area (Å²) < 4.78 is 10.6. The number of hydrogen-bond donors (Lipinski definition) is 1. The molecule has 0 aliphatic rings. The lowest BCUT2D eigenvalue weighted by Crippen LogP contribution is -2.47. The highest BCUT2D eigenvalue weighted by molar-refractivity contribution is 7.09. The fourth-order valence-electron chi connectivity index (χ4n) is 2.04. The van der Waals surface area contributed by atoms with E-state index in [4.69, 9.17) is 14.5 Å². The summed E-state index contributed by atoms with van der Waals surface area (Å²) in [4.78, 5) is 4.86. The van der Waals surface area contributed by atoms with Crippen molar-refractivity contribution >= 4 is 11.3 Å². The highest BCUT2D eigenvalue weighted by atomic mass is 32.1. The van der Waals surface area contributed by atoms with Crippen LogP contribution in [0.3, 0.4) is 0 Å². The molecule has 0 aromatic carbocycles. The van der Waals surface area contributed by atoms with E-state index in [9.17, 15) is 0 Å². The number of hydrogen-bond acceptors (Lipinski definition) is 5. The third-order valence-electron chi connectivity index (χ3n) is 3.45. The molecule has 1 N–H and O–H groups in total. The van der Waals surface area contributed by atoms with Gasteiger partial charge in [-0.05, 0) is 6.42 Å². The number of ether oxygens (including phenoxy) is 2. The first-order chi connectivity index (χ1) is 9.39. The number of nitrogens with zero attached hydrogens (tertiary/aromatic N) is 1. The van der Waals surface area contributed by atoms with Gasteiger partial charge in [-0.2, -0.15) is 0 Å². The molecule has 0 spiro atoms. The topological polar surface area (TPSA) is 43.4 Å². The van der Waals surface area contributed by atoms with E-state index < -0.39 is 0 Å². The van der Waals surface area contributed by atoms with Crippen LogP contribution in [0.4, 0.5) is 0 Å². The van der Waals surface area contributed by atoms with Crippen LogP contribution in [0.25, 0.3) is 0 Å². The van der Waals surface area contributed by atoms with Gasteiger partial charge in [0.25, 0.3) is 0 Å². The van der Waals surface area contributed by atoms with Crippen LogP contribution in [0.15, 0.2) is 5.38 Å². The quantitative estimate of drug-likeness (QED) is 0.750. The molecule has 1 atom stereocenters. The highest BCUT2D eigenvalue weighted by Crippen LogP contribution is 2.32. The fourth-order valence-corrected chi connectivity index (χ4v) is 3.33. The molecule has 0 fully saturated rings. The molecule has 0 aliphatic heterocycles. The zero-order valence-electron chi connectivity index (χ0n) is 13.6. The lowest BCUT2D eigenvalue weighted by molar-refractivity contribution is 0.0951. The second kappa shape index (κ2) is 7.50. The van der Waals surface area contributed by atoms with Crippen LogP contribution in [0.2, 0.25) is 0 Å². The summed E-state index contributed by atoms with van der Waals surface area (Å²) >= 11 is 1.71. The van der Waals surface area contributed by atoms with Gasteiger partial charge in [0.2, 0.25) is 0 Å². The van der Waals surface area contributed by atoms with E-state index in [0.717, 1.165) is 23.7 Å². The maximum Gasteiger partial charge on any atom is 0.115 e. The molecule has 4 nitrogen and oxygen atoms in total. The van der Waals surface area contributed by atoms with Crippen LogP contribution in [0.1, 0.15) is 44.8 Å². The summed E-state index contributed by atoms with van der Waals surface area (Å²) in [6.07, 6.45) is 0.932. The third kappa shape index (κ3) is 4.25. The van der Waals surface area contributed by atoms with Crippen molar-refractivity contribution in [3.63, 3.8) is 0 Å². The van der Waals surface area contributed by atoms with Gasteiger partial charge < -0.3 is 14.8 Å². The van der Waals surface area contributed by atoms with Gasteiger partial charge in [-0.3, -0.25) is 0 Å². The van der Waals surface area contributed by atoms with Gasteiger partial charge in [0, 0.05) is 31.6 Å². The summed E-state index contributed by atoms with van der Waals surface area (Å²) in [7, 11) is 3.45.